The van der Waals surface area contributed by atoms with Crippen molar-refractivity contribution in [1.82, 2.24) is 15.3 Å². The van der Waals surface area contributed by atoms with E-state index in [1.54, 1.807) is 0 Å². The zero-order valence-corrected chi connectivity index (χ0v) is 12.5. The van der Waals surface area contributed by atoms with Crippen molar-refractivity contribution >= 4 is 0 Å². The van der Waals surface area contributed by atoms with Crippen molar-refractivity contribution < 1.29 is 0 Å². The third-order valence-electron chi connectivity index (χ3n) is 4.50. The molecule has 2 atom stereocenters. The van der Waals surface area contributed by atoms with Crippen molar-refractivity contribution in [3.63, 3.8) is 0 Å². The lowest BCUT2D eigenvalue weighted by Crippen LogP contribution is -2.34. The van der Waals surface area contributed by atoms with Crippen LogP contribution in [-0.4, -0.2) is 9.97 Å². The normalized spacial score (nSPS) is 22.2. The molecule has 3 nitrogen and oxygen atoms in total. The Hall–Kier alpha value is -1.61. The first-order chi connectivity index (χ1) is 9.58. The van der Waals surface area contributed by atoms with Crippen LogP contribution in [0, 0.1) is 0 Å². The molecule has 106 valence electrons. The molecule has 1 aromatic heterocycles. The standard InChI is InChI=1S/C17H23N3/c1-12(16-18-10-11-19-16)20-15-8-9-17(2,3)14-7-5-4-6-13(14)15/h4-7,10-12,15,20H,8-9H2,1-3H3,(H,18,19). The molecule has 2 aromatic rings. The lowest BCUT2D eigenvalue weighted by atomic mass is 9.71. The number of benzene rings is 1. The van der Waals surface area contributed by atoms with E-state index in [2.05, 4.69) is 60.3 Å². The van der Waals surface area contributed by atoms with Crippen LogP contribution in [-0.2, 0) is 5.41 Å². The molecule has 0 saturated heterocycles. The van der Waals surface area contributed by atoms with Gasteiger partial charge in [0.2, 0.25) is 0 Å². The summed E-state index contributed by atoms with van der Waals surface area (Å²) in [5.41, 5.74) is 3.21. The predicted molar refractivity (Wildman–Crippen MR) is 81.6 cm³/mol. The van der Waals surface area contributed by atoms with Gasteiger partial charge in [0.25, 0.3) is 0 Å². The van der Waals surface area contributed by atoms with Crippen LogP contribution >= 0.6 is 0 Å². The smallest absolute Gasteiger partial charge is 0.122 e. The molecule has 0 spiro atoms. The van der Waals surface area contributed by atoms with Crippen LogP contribution in [0.5, 0.6) is 0 Å². The molecular formula is C17H23N3. The summed E-state index contributed by atoms with van der Waals surface area (Å²) in [6, 6.07) is 9.50. The molecule has 0 amide bonds. The molecule has 3 heteroatoms. The predicted octanol–water partition coefficient (Wildman–Crippen LogP) is 3.87. The maximum absolute atomic E-state index is 4.35. The Balaban J connectivity index is 1.85. The fourth-order valence-electron chi connectivity index (χ4n) is 3.28. The van der Waals surface area contributed by atoms with Gasteiger partial charge in [-0.2, -0.15) is 0 Å². The average molecular weight is 269 g/mol. The van der Waals surface area contributed by atoms with Gasteiger partial charge in [-0.3, -0.25) is 0 Å². The molecule has 1 aliphatic carbocycles. The zero-order valence-electron chi connectivity index (χ0n) is 12.5. The molecule has 20 heavy (non-hydrogen) atoms. The van der Waals surface area contributed by atoms with Crippen LogP contribution in [0.3, 0.4) is 0 Å². The van der Waals surface area contributed by atoms with E-state index in [4.69, 9.17) is 0 Å². The highest BCUT2D eigenvalue weighted by Gasteiger charge is 2.32. The topological polar surface area (TPSA) is 40.7 Å². The van der Waals surface area contributed by atoms with Crippen molar-refractivity contribution in [2.24, 2.45) is 0 Å². The van der Waals surface area contributed by atoms with E-state index >= 15 is 0 Å². The van der Waals surface area contributed by atoms with Crippen LogP contribution < -0.4 is 5.32 Å². The molecular weight excluding hydrogens is 246 g/mol. The molecule has 0 bridgehead atoms. The maximum atomic E-state index is 4.35. The molecule has 1 aromatic carbocycles. The number of fused-ring (bicyclic) bond motifs is 1. The van der Waals surface area contributed by atoms with Gasteiger partial charge in [-0.25, -0.2) is 4.98 Å². The summed E-state index contributed by atoms with van der Waals surface area (Å²) in [7, 11) is 0. The lowest BCUT2D eigenvalue weighted by molar-refractivity contribution is 0.337. The van der Waals surface area contributed by atoms with Gasteiger partial charge in [0.1, 0.15) is 5.82 Å². The molecule has 2 unspecified atom stereocenters. The van der Waals surface area contributed by atoms with E-state index in [1.807, 2.05) is 12.4 Å². The second-order valence-electron chi connectivity index (χ2n) is 6.43. The highest BCUT2D eigenvalue weighted by Crippen LogP contribution is 2.41. The van der Waals surface area contributed by atoms with Crippen LogP contribution in [0.1, 0.15) is 62.6 Å². The molecule has 0 aliphatic heterocycles. The zero-order chi connectivity index (χ0) is 14.2. The van der Waals surface area contributed by atoms with Crippen LogP contribution in [0.15, 0.2) is 36.7 Å². The number of aromatic nitrogens is 2. The highest BCUT2D eigenvalue weighted by molar-refractivity contribution is 5.38. The second kappa shape index (κ2) is 5.06. The first kappa shape index (κ1) is 13.4. The second-order valence-corrected chi connectivity index (χ2v) is 6.43. The van der Waals surface area contributed by atoms with E-state index in [-0.39, 0.29) is 11.5 Å². The number of H-pyrrole nitrogens is 1. The minimum absolute atomic E-state index is 0.240. The highest BCUT2D eigenvalue weighted by atomic mass is 15.0. The van der Waals surface area contributed by atoms with Crippen molar-refractivity contribution in [2.75, 3.05) is 0 Å². The minimum atomic E-state index is 0.240. The van der Waals surface area contributed by atoms with Gasteiger partial charge < -0.3 is 10.3 Å². The number of hydrogen-bond donors (Lipinski definition) is 2. The number of imidazole rings is 1. The van der Waals surface area contributed by atoms with Crippen LogP contribution in [0.4, 0.5) is 0 Å². The first-order valence-corrected chi connectivity index (χ1v) is 7.43. The summed E-state index contributed by atoms with van der Waals surface area (Å²) in [6.45, 7) is 6.86. The van der Waals surface area contributed by atoms with Crippen molar-refractivity contribution in [1.29, 1.82) is 0 Å². The van der Waals surface area contributed by atoms with Gasteiger partial charge in [-0.1, -0.05) is 38.1 Å². The Morgan fingerprint density at radius 1 is 1.35 bits per heavy atom. The Morgan fingerprint density at radius 3 is 2.90 bits per heavy atom. The Bertz CT molecular complexity index is 572. The van der Waals surface area contributed by atoms with Crippen molar-refractivity contribution in [2.45, 2.75) is 51.1 Å². The van der Waals surface area contributed by atoms with E-state index in [0.29, 0.717) is 6.04 Å². The summed E-state index contributed by atoms with van der Waals surface area (Å²) >= 11 is 0. The third kappa shape index (κ3) is 2.38. The Kier molecular flexibility index (Phi) is 3.38. The fraction of sp³-hybridized carbons (Fsp3) is 0.471. The third-order valence-corrected chi connectivity index (χ3v) is 4.50. The number of nitrogens with zero attached hydrogens (tertiary/aromatic N) is 1. The molecule has 2 N–H and O–H groups in total. The summed E-state index contributed by atoms with van der Waals surface area (Å²) in [5.74, 6) is 1.01. The van der Waals surface area contributed by atoms with E-state index in [0.717, 1.165) is 5.82 Å². The van der Waals surface area contributed by atoms with Gasteiger partial charge in [-0.15, -0.1) is 0 Å². The van der Waals surface area contributed by atoms with Crippen LogP contribution in [0.25, 0.3) is 0 Å². The fourth-order valence-corrected chi connectivity index (χ4v) is 3.28. The van der Waals surface area contributed by atoms with Gasteiger partial charge in [-0.05, 0) is 36.3 Å². The molecule has 3 rings (SSSR count). The monoisotopic (exact) mass is 269 g/mol. The Morgan fingerprint density at radius 2 is 2.15 bits per heavy atom. The average Bonchev–Trinajstić information content (AvgIpc) is 2.96. The van der Waals surface area contributed by atoms with E-state index in [9.17, 15) is 0 Å². The largest absolute Gasteiger partial charge is 0.347 e. The van der Waals surface area contributed by atoms with E-state index < -0.39 is 0 Å². The summed E-state index contributed by atoms with van der Waals surface area (Å²) in [4.78, 5) is 7.54. The molecule has 1 heterocycles. The molecule has 0 saturated carbocycles. The molecule has 0 radical (unpaired) electrons. The van der Waals surface area contributed by atoms with Gasteiger partial charge in [0.15, 0.2) is 0 Å². The SMILES string of the molecule is CC(NC1CCC(C)(C)c2ccccc21)c1ncc[nH]1. The summed E-state index contributed by atoms with van der Waals surface area (Å²) < 4.78 is 0. The summed E-state index contributed by atoms with van der Waals surface area (Å²) in [5, 5.41) is 3.72. The minimum Gasteiger partial charge on any atom is -0.347 e. The number of hydrogen-bond acceptors (Lipinski definition) is 2. The quantitative estimate of drug-likeness (QED) is 0.888. The van der Waals surface area contributed by atoms with Gasteiger partial charge >= 0.3 is 0 Å². The van der Waals surface area contributed by atoms with Crippen LogP contribution in [0.2, 0.25) is 0 Å². The lowest BCUT2D eigenvalue weighted by Gasteiger charge is -2.38. The van der Waals surface area contributed by atoms with Gasteiger partial charge in [0.05, 0.1) is 6.04 Å². The molecule has 0 fully saturated rings. The van der Waals surface area contributed by atoms with Crippen molar-refractivity contribution in [3.8, 4) is 0 Å². The number of nitrogens with one attached hydrogen (secondary N) is 2. The molecule has 1 aliphatic rings. The summed E-state index contributed by atoms with van der Waals surface area (Å²) in [6.07, 6.45) is 6.08. The first-order valence-electron chi connectivity index (χ1n) is 7.43. The number of rotatable bonds is 3. The van der Waals surface area contributed by atoms with Crippen molar-refractivity contribution in [3.05, 3.63) is 53.6 Å². The van der Waals surface area contributed by atoms with Gasteiger partial charge in [0, 0.05) is 18.4 Å². The van der Waals surface area contributed by atoms with E-state index in [1.165, 1.54) is 24.0 Å². The Labute approximate surface area is 120 Å². The maximum Gasteiger partial charge on any atom is 0.122 e. The number of aromatic amines is 1.